The summed E-state index contributed by atoms with van der Waals surface area (Å²) in [6.07, 6.45) is 0.786. The number of nitrogen functional groups attached to an aromatic ring is 1. The number of nitrogens with one attached hydrogen (secondary N) is 1. The molecule has 4 N–H and O–H groups in total. The summed E-state index contributed by atoms with van der Waals surface area (Å²) >= 11 is 9.24. The molecular formula is C15H12ClN7O5S3. The lowest BCUT2D eigenvalue weighted by molar-refractivity contribution is -0.156. The molecule has 1 fully saturated rings. The summed E-state index contributed by atoms with van der Waals surface area (Å²) in [5.74, 6) is -2.72. The summed E-state index contributed by atoms with van der Waals surface area (Å²) in [5.41, 5.74) is 6.83. The van der Waals surface area contributed by atoms with Crippen LogP contribution in [-0.4, -0.2) is 55.1 Å². The van der Waals surface area contributed by atoms with Crippen molar-refractivity contribution in [1.82, 2.24) is 25.4 Å². The molecule has 3 atom stereocenters. The van der Waals surface area contributed by atoms with Crippen molar-refractivity contribution in [3.05, 3.63) is 31.1 Å². The van der Waals surface area contributed by atoms with Crippen molar-refractivity contribution in [3.8, 4) is 0 Å². The van der Waals surface area contributed by atoms with Gasteiger partial charge in [-0.3, -0.25) is 14.5 Å². The lowest BCUT2D eigenvalue weighted by Gasteiger charge is -2.50. The Balaban J connectivity index is 1.52. The van der Waals surface area contributed by atoms with Crippen molar-refractivity contribution in [1.29, 1.82) is 0 Å². The van der Waals surface area contributed by atoms with Crippen LogP contribution in [0.25, 0.3) is 0 Å². The molecule has 2 aromatic heterocycles. The number of rotatable bonds is 7. The van der Waals surface area contributed by atoms with Gasteiger partial charge >= 0.3 is 5.97 Å². The van der Waals surface area contributed by atoms with Gasteiger partial charge in [-0.05, 0) is 18.0 Å². The van der Waals surface area contributed by atoms with Gasteiger partial charge in [0.2, 0.25) is 6.04 Å². The number of carboxylic acid groups (broad SMARTS) is 1. The Hall–Kier alpha value is -2.62. The van der Waals surface area contributed by atoms with Gasteiger partial charge in [0.25, 0.3) is 11.8 Å². The highest BCUT2D eigenvalue weighted by atomic mass is 35.5. The molecule has 1 saturated heterocycles. The summed E-state index contributed by atoms with van der Waals surface area (Å²) < 4.78 is 0.607. The Bertz CT molecular complexity index is 1100. The van der Waals surface area contributed by atoms with Gasteiger partial charge in [0.15, 0.2) is 9.47 Å². The SMILES string of the molecule is Nc1nc(C(N=O)C(=O)N[C@@H]2C(=O)N3C(C(=O)O)=C(Sc4nncs4)CCC23)c(Cl)s1. The number of carboxylic acids is 1. The number of aliphatic carboxylic acids is 1. The highest BCUT2D eigenvalue weighted by molar-refractivity contribution is 8.04. The number of thioether (sulfide) groups is 1. The maximum atomic E-state index is 12.7. The van der Waals surface area contributed by atoms with Crippen LogP contribution in [0.4, 0.5) is 5.13 Å². The molecule has 0 radical (unpaired) electrons. The van der Waals surface area contributed by atoms with E-state index in [2.05, 4.69) is 25.7 Å². The van der Waals surface area contributed by atoms with Crippen molar-refractivity contribution < 1.29 is 19.5 Å². The zero-order valence-corrected chi connectivity index (χ0v) is 18.4. The third kappa shape index (κ3) is 3.88. The third-order valence-corrected chi connectivity index (χ3v) is 7.72. The van der Waals surface area contributed by atoms with E-state index in [1.807, 2.05) is 0 Å². The molecule has 162 valence electrons. The predicted octanol–water partition coefficient (Wildman–Crippen LogP) is 1.62. The number of nitrogens with two attached hydrogens (primary N) is 1. The third-order valence-electron chi connectivity index (χ3n) is 4.68. The van der Waals surface area contributed by atoms with Crippen LogP contribution in [0, 0.1) is 4.91 Å². The minimum atomic E-state index is -1.58. The van der Waals surface area contributed by atoms with E-state index in [0.29, 0.717) is 22.1 Å². The minimum absolute atomic E-state index is 0.0471. The van der Waals surface area contributed by atoms with Crippen molar-refractivity contribution in [2.24, 2.45) is 5.18 Å². The number of carbonyl (C=O) groups excluding carboxylic acids is 2. The van der Waals surface area contributed by atoms with Gasteiger partial charge in [-0.15, -0.1) is 15.1 Å². The van der Waals surface area contributed by atoms with Gasteiger partial charge in [0, 0.05) is 4.91 Å². The van der Waals surface area contributed by atoms with Crippen molar-refractivity contribution in [3.63, 3.8) is 0 Å². The molecule has 0 aliphatic carbocycles. The number of β-lactam (4-membered cyclic amide) rings is 1. The number of nitrogens with zero attached hydrogens (tertiary/aromatic N) is 5. The van der Waals surface area contributed by atoms with Gasteiger partial charge in [0.1, 0.15) is 27.3 Å². The molecule has 0 spiro atoms. The number of nitroso groups, excluding NO2 is 1. The molecule has 0 bridgehead atoms. The van der Waals surface area contributed by atoms with Gasteiger partial charge in [-0.1, -0.05) is 46.0 Å². The van der Waals surface area contributed by atoms with E-state index in [1.165, 1.54) is 16.8 Å². The normalized spacial score (nSPS) is 21.3. The Morgan fingerprint density at radius 2 is 2.26 bits per heavy atom. The maximum Gasteiger partial charge on any atom is 0.353 e. The Morgan fingerprint density at radius 3 is 2.84 bits per heavy atom. The lowest BCUT2D eigenvalue weighted by Crippen LogP contribution is -2.71. The first-order valence-corrected chi connectivity index (χ1v) is 11.5. The number of anilines is 1. The van der Waals surface area contributed by atoms with E-state index in [-0.39, 0.29) is 20.9 Å². The van der Waals surface area contributed by atoms with E-state index in [4.69, 9.17) is 17.3 Å². The molecule has 16 heteroatoms. The number of amides is 2. The van der Waals surface area contributed by atoms with Gasteiger partial charge in [-0.2, -0.15) is 0 Å². The second kappa shape index (κ2) is 8.49. The molecule has 2 aromatic rings. The van der Waals surface area contributed by atoms with E-state index in [1.54, 1.807) is 0 Å². The zero-order valence-electron chi connectivity index (χ0n) is 15.2. The summed E-state index contributed by atoms with van der Waals surface area (Å²) in [7, 11) is 0. The molecule has 0 aromatic carbocycles. The molecule has 2 amide bonds. The highest BCUT2D eigenvalue weighted by Gasteiger charge is 2.54. The number of carbonyl (C=O) groups is 3. The quantitative estimate of drug-likeness (QED) is 0.372. The molecule has 0 saturated carbocycles. The zero-order chi connectivity index (χ0) is 22.3. The largest absolute Gasteiger partial charge is 0.477 e. The second-order valence-electron chi connectivity index (χ2n) is 6.40. The first-order chi connectivity index (χ1) is 14.8. The smallest absolute Gasteiger partial charge is 0.353 e. The number of thiazole rings is 1. The van der Waals surface area contributed by atoms with Crippen LogP contribution in [-0.2, 0) is 14.4 Å². The highest BCUT2D eigenvalue weighted by Crippen LogP contribution is 2.43. The van der Waals surface area contributed by atoms with Crippen LogP contribution in [0.15, 0.2) is 25.6 Å². The minimum Gasteiger partial charge on any atom is -0.477 e. The van der Waals surface area contributed by atoms with E-state index < -0.39 is 35.9 Å². The summed E-state index contributed by atoms with van der Waals surface area (Å²) in [6, 6.07) is -3.14. The second-order valence-corrected chi connectivity index (χ2v) is 10.2. The first-order valence-electron chi connectivity index (χ1n) is 8.59. The number of allylic oxidation sites excluding steroid dienone is 1. The van der Waals surface area contributed by atoms with Crippen molar-refractivity contribution >= 4 is 69.0 Å². The molecule has 4 rings (SSSR count). The molecule has 31 heavy (non-hydrogen) atoms. The van der Waals surface area contributed by atoms with Crippen molar-refractivity contribution in [2.75, 3.05) is 5.73 Å². The summed E-state index contributed by atoms with van der Waals surface area (Å²) in [4.78, 5) is 53.9. The van der Waals surface area contributed by atoms with Crippen LogP contribution in [0.5, 0.6) is 0 Å². The standard InChI is InChI=1S/C15H12ClN7O5S3/c16-10-7(20-14(17)31-10)8(22-28)11(24)19-6-4-1-2-5(30-15-21-18-3-29-15)9(13(26)27)23(4)12(6)25/h3-4,6,8H,1-2H2,(H2,17,20)(H,19,24)(H,26,27)/t4?,6-,8?/m0/s1. The average molecular weight is 502 g/mol. The van der Waals surface area contributed by atoms with E-state index in [9.17, 15) is 24.4 Å². The van der Waals surface area contributed by atoms with Crippen LogP contribution in [0.2, 0.25) is 4.34 Å². The van der Waals surface area contributed by atoms with Crippen molar-refractivity contribution in [2.45, 2.75) is 35.3 Å². The van der Waals surface area contributed by atoms with Crippen LogP contribution in [0.1, 0.15) is 24.6 Å². The number of aromatic nitrogens is 3. The van der Waals surface area contributed by atoms with E-state index in [0.717, 1.165) is 28.0 Å². The van der Waals surface area contributed by atoms with Gasteiger partial charge in [-0.25, -0.2) is 9.78 Å². The number of hydrogen-bond acceptors (Lipinski definition) is 12. The molecule has 2 aliphatic heterocycles. The summed E-state index contributed by atoms with van der Waals surface area (Å²) in [5, 5.41) is 22.6. The first kappa shape index (κ1) is 21.6. The fraction of sp³-hybridized carbons (Fsp3) is 0.333. The molecule has 4 heterocycles. The van der Waals surface area contributed by atoms with Crippen LogP contribution < -0.4 is 11.1 Å². The molecule has 2 unspecified atom stereocenters. The Kier molecular flexibility index (Phi) is 5.92. The van der Waals surface area contributed by atoms with E-state index >= 15 is 0 Å². The molecule has 12 nitrogen and oxygen atoms in total. The monoisotopic (exact) mass is 501 g/mol. The van der Waals surface area contributed by atoms with Crippen LogP contribution in [0.3, 0.4) is 0 Å². The topological polar surface area (TPSA) is 181 Å². The molecular weight excluding hydrogens is 490 g/mol. The van der Waals surface area contributed by atoms with Gasteiger partial charge in [0.05, 0.1) is 6.04 Å². The lowest BCUT2D eigenvalue weighted by atomic mass is 9.86. The number of fused-ring (bicyclic) bond motifs is 1. The number of hydrogen-bond donors (Lipinski definition) is 3. The Labute approximate surface area is 190 Å². The fourth-order valence-electron chi connectivity index (χ4n) is 3.39. The average Bonchev–Trinajstić information content (AvgIpc) is 3.35. The summed E-state index contributed by atoms with van der Waals surface area (Å²) in [6.45, 7) is 0. The molecule has 2 aliphatic rings. The predicted molar refractivity (Wildman–Crippen MR) is 112 cm³/mol. The fourth-order valence-corrected chi connectivity index (χ4v) is 6.07. The maximum absolute atomic E-state index is 12.7. The Morgan fingerprint density at radius 1 is 1.48 bits per heavy atom. The number of halogens is 1. The van der Waals surface area contributed by atoms with Gasteiger partial charge < -0.3 is 16.2 Å². The van der Waals surface area contributed by atoms with Crippen LogP contribution >= 0.6 is 46.0 Å².